The fourth-order valence-electron chi connectivity index (χ4n) is 3.50. The van der Waals surface area contributed by atoms with Gasteiger partial charge in [-0.25, -0.2) is 4.52 Å². The number of ether oxygens (including phenoxy) is 1. The molecule has 0 fully saturated rings. The van der Waals surface area contributed by atoms with Crippen LogP contribution in [0, 0.1) is 0 Å². The number of thioether (sulfide) groups is 1. The highest BCUT2D eigenvalue weighted by Gasteiger charge is 2.13. The van der Waals surface area contributed by atoms with Crippen molar-refractivity contribution >= 4 is 17.3 Å². The molecule has 3 heterocycles. The van der Waals surface area contributed by atoms with Crippen LogP contribution in [-0.4, -0.2) is 37.2 Å². The van der Waals surface area contributed by atoms with Crippen molar-refractivity contribution in [1.82, 2.24) is 24.3 Å². The summed E-state index contributed by atoms with van der Waals surface area (Å²) in [5.41, 5.74) is 2.75. The zero-order chi connectivity index (χ0) is 22.8. The number of hydrogen-bond donors (Lipinski definition) is 0. The molecule has 0 spiro atoms. The van der Waals surface area contributed by atoms with Gasteiger partial charge in [-0.1, -0.05) is 5.16 Å². The second kappa shape index (κ2) is 8.95. The molecule has 5 aromatic rings. The number of rotatable bonds is 7. The van der Waals surface area contributed by atoms with Gasteiger partial charge in [0.2, 0.25) is 11.7 Å². The van der Waals surface area contributed by atoms with E-state index in [0.717, 1.165) is 21.8 Å². The van der Waals surface area contributed by atoms with Crippen LogP contribution in [0.1, 0.15) is 12.8 Å². The molecule has 3 aromatic heterocycles. The molecule has 0 aliphatic heterocycles. The molecule has 5 rings (SSSR count). The van der Waals surface area contributed by atoms with E-state index < -0.39 is 0 Å². The maximum Gasteiger partial charge on any atom is 0.277 e. The summed E-state index contributed by atoms with van der Waals surface area (Å²) in [6.45, 7) is 2.73. The first-order valence-electron chi connectivity index (χ1n) is 10.4. The molecule has 0 amide bonds. The third kappa shape index (κ3) is 4.27. The highest BCUT2D eigenvalue weighted by molar-refractivity contribution is 7.98. The summed E-state index contributed by atoms with van der Waals surface area (Å²) >= 11 is 1.67. The lowest BCUT2D eigenvalue weighted by Gasteiger charge is -2.02. The molecule has 33 heavy (non-hydrogen) atoms. The Hall–Kier alpha value is -3.85. The molecular formula is C24H21N5O3S. The van der Waals surface area contributed by atoms with Crippen LogP contribution < -0.4 is 10.3 Å². The third-order valence-electron chi connectivity index (χ3n) is 5.19. The van der Waals surface area contributed by atoms with Crippen LogP contribution in [0.25, 0.3) is 28.2 Å². The molecule has 2 aromatic carbocycles. The van der Waals surface area contributed by atoms with Crippen LogP contribution in [-0.2, 0) is 6.54 Å². The Bertz CT molecular complexity index is 1450. The van der Waals surface area contributed by atoms with Crippen molar-refractivity contribution < 1.29 is 9.26 Å². The summed E-state index contributed by atoms with van der Waals surface area (Å²) in [6, 6.07) is 17.3. The number of benzene rings is 2. The fraction of sp³-hybridized carbons (Fsp3) is 0.167. The van der Waals surface area contributed by atoms with Crippen LogP contribution >= 0.6 is 11.8 Å². The van der Waals surface area contributed by atoms with E-state index >= 15 is 0 Å². The smallest absolute Gasteiger partial charge is 0.277 e. The molecule has 0 aliphatic rings. The van der Waals surface area contributed by atoms with Gasteiger partial charge in [0.25, 0.3) is 5.56 Å². The molecular weight excluding hydrogens is 438 g/mol. The van der Waals surface area contributed by atoms with Gasteiger partial charge in [-0.05, 0) is 67.8 Å². The van der Waals surface area contributed by atoms with Gasteiger partial charge in [0.05, 0.1) is 12.3 Å². The molecule has 166 valence electrons. The topological polar surface area (TPSA) is 87.5 Å². The first-order chi connectivity index (χ1) is 16.1. The molecule has 0 N–H and O–H groups in total. The quantitative estimate of drug-likeness (QED) is 0.334. The molecule has 0 unspecified atom stereocenters. The third-order valence-corrected chi connectivity index (χ3v) is 5.93. The molecule has 8 nitrogen and oxygen atoms in total. The molecule has 0 aliphatic carbocycles. The van der Waals surface area contributed by atoms with Gasteiger partial charge in [-0.2, -0.15) is 10.1 Å². The van der Waals surface area contributed by atoms with Gasteiger partial charge in [-0.3, -0.25) is 4.79 Å². The zero-order valence-electron chi connectivity index (χ0n) is 18.1. The summed E-state index contributed by atoms with van der Waals surface area (Å²) in [5, 5.41) is 8.59. The average molecular weight is 460 g/mol. The lowest BCUT2D eigenvalue weighted by Crippen LogP contribution is -2.21. The van der Waals surface area contributed by atoms with Crippen LogP contribution in [0.4, 0.5) is 0 Å². The normalized spacial score (nSPS) is 11.2. The van der Waals surface area contributed by atoms with Crippen LogP contribution in [0.2, 0.25) is 0 Å². The summed E-state index contributed by atoms with van der Waals surface area (Å²) in [7, 11) is 0. The van der Waals surface area contributed by atoms with Crippen molar-refractivity contribution in [2.75, 3.05) is 12.9 Å². The molecule has 0 bridgehead atoms. The van der Waals surface area contributed by atoms with E-state index in [2.05, 4.69) is 15.2 Å². The van der Waals surface area contributed by atoms with Gasteiger partial charge in [0.15, 0.2) is 0 Å². The fourth-order valence-corrected chi connectivity index (χ4v) is 3.91. The SMILES string of the molecule is CCOc1ccc(-c2cc3c(=O)n(Cc4nc(-c5ccc(SC)cc5)no4)ccn3n2)cc1. The number of hydrogen-bond acceptors (Lipinski definition) is 7. The number of aromatic nitrogens is 5. The average Bonchev–Trinajstić information content (AvgIpc) is 3.50. The maximum absolute atomic E-state index is 13.1. The first kappa shape index (κ1) is 21.0. The van der Waals surface area contributed by atoms with E-state index in [1.165, 1.54) is 4.57 Å². The lowest BCUT2D eigenvalue weighted by atomic mass is 10.1. The van der Waals surface area contributed by atoms with Crippen molar-refractivity contribution in [3.8, 4) is 28.4 Å². The van der Waals surface area contributed by atoms with Crippen LogP contribution in [0.5, 0.6) is 5.75 Å². The largest absolute Gasteiger partial charge is 0.494 e. The van der Waals surface area contributed by atoms with Gasteiger partial charge in [0, 0.05) is 28.4 Å². The van der Waals surface area contributed by atoms with E-state index in [1.807, 2.05) is 61.7 Å². The monoisotopic (exact) mass is 459 g/mol. The minimum atomic E-state index is -0.189. The van der Waals surface area contributed by atoms with Crippen molar-refractivity contribution in [1.29, 1.82) is 0 Å². The molecule has 0 atom stereocenters. The van der Waals surface area contributed by atoms with E-state index in [4.69, 9.17) is 9.26 Å². The Kier molecular flexibility index (Phi) is 5.70. The van der Waals surface area contributed by atoms with Crippen molar-refractivity contribution in [3.05, 3.63) is 83.2 Å². The highest BCUT2D eigenvalue weighted by atomic mass is 32.2. The lowest BCUT2D eigenvalue weighted by molar-refractivity contribution is 0.340. The summed E-state index contributed by atoms with van der Waals surface area (Å²) in [4.78, 5) is 18.7. The van der Waals surface area contributed by atoms with Gasteiger partial charge in [0.1, 0.15) is 17.8 Å². The predicted octanol–water partition coefficient (Wildman–Crippen LogP) is 4.38. The molecule has 0 saturated heterocycles. The minimum Gasteiger partial charge on any atom is -0.494 e. The molecule has 9 heteroatoms. The van der Waals surface area contributed by atoms with E-state index in [0.29, 0.717) is 29.5 Å². The second-order valence-corrected chi connectivity index (χ2v) is 8.17. The molecule has 0 saturated carbocycles. The first-order valence-corrected chi connectivity index (χ1v) is 11.7. The van der Waals surface area contributed by atoms with Crippen molar-refractivity contribution in [2.24, 2.45) is 0 Å². The van der Waals surface area contributed by atoms with Gasteiger partial charge >= 0.3 is 0 Å². The minimum absolute atomic E-state index is 0.175. The Morgan fingerprint density at radius 2 is 1.79 bits per heavy atom. The number of nitrogens with zero attached hydrogens (tertiary/aromatic N) is 5. The predicted molar refractivity (Wildman–Crippen MR) is 127 cm³/mol. The number of fused-ring (bicyclic) bond motifs is 1. The standard InChI is InChI=1S/C24H21N5O3S/c1-3-31-18-8-4-16(5-9-18)20-14-21-24(30)28(12-13-29(21)26-20)15-22-25-23(27-32-22)17-6-10-19(33-2)11-7-17/h4-14H,3,15H2,1-2H3. The second-order valence-electron chi connectivity index (χ2n) is 7.29. The Labute approximate surface area is 193 Å². The Morgan fingerprint density at radius 3 is 2.52 bits per heavy atom. The maximum atomic E-state index is 13.1. The molecule has 0 radical (unpaired) electrons. The summed E-state index contributed by atoms with van der Waals surface area (Å²) < 4.78 is 14.0. The van der Waals surface area contributed by atoms with Crippen molar-refractivity contribution in [3.63, 3.8) is 0 Å². The summed E-state index contributed by atoms with van der Waals surface area (Å²) in [6.07, 6.45) is 5.44. The van der Waals surface area contributed by atoms with Crippen molar-refractivity contribution in [2.45, 2.75) is 18.4 Å². The summed E-state index contributed by atoms with van der Waals surface area (Å²) in [5.74, 6) is 1.65. The van der Waals surface area contributed by atoms with E-state index in [9.17, 15) is 4.79 Å². The van der Waals surface area contributed by atoms with Gasteiger partial charge in [-0.15, -0.1) is 11.8 Å². The Morgan fingerprint density at radius 1 is 1.03 bits per heavy atom. The Balaban J connectivity index is 1.39. The van der Waals surface area contributed by atoms with E-state index in [-0.39, 0.29) is 12.1 Å². The van der Waals surface area contributed by atoms with Crippen LogP contribution in [0.15, 0.2) is 81.2 Å². The van der Waals surface area contributed by atoms with Gasteiger partial charge < -0.3 is 13.8 Å². The van der Waals surface area contributed by atoms with E-state index in [1.54, 1.807) is 34.7 Å². The van der Waals surface area contributed by atoms with Crippen LogP contribution in [0.3, 0.4) is 0 Å². The zero-order valence-corrected chi connectivity index (χ0v) is 19.0. The highest BCUT2D eigenvalue weighted by Crippen LogP contribution is 2.23.